The highest BCUT2D eigenvalue weighted by Gasteiger charge is 2.20. The predicted molar refractivity (Wildman–Crippen MR) is 118 cm³/mol. The van der Waals surface area contributed by atoms with Crippen LogP contribution in [0.25, 0.3) is 0 Å². The van der Waals surface area contributed by atoms with Crippen LogP contribution in [0.15, 0.2) is 54.6 Å². The zero-order valence-corrected chi connectivity index (χ0v) is 18.1. The Morgan fingerprint density at radius 3 is 2.33 bits per heavy atom. The van der Waals surface area contributed by atoms with Gasteiger partial charge in [-0.3, -0.25) is 9.59 Å². The molecule has 2 aromatic carbocycles. The number of Topliss-reactive ketones (excluding diaryl/α,β-unsaturated/α-hetero) is 1. The molecule has 1 amide bonds. The minimum atomic E-state index is -0.547. The van der Waals surface area contributed by atoms with Gasteiger partial charge < -0.3 is 14.8 Å². The molecule has 1 N–H and O–H groups in total. The molecule has 2 aromatic rings. The number of carbonyl (C=O) groups excluding carboxylic acids is 2. The van der Waals surface area contributed by atoms with E-state index < -0.39 is 6.10 Å². The lowest BCUT2D eigenvalue weighted by Gasteiger charge is -2.17. The maximum absolute atomic E-state index is 12.6. The highest BCUT2D eigenvalue weighted by molar-refractivity contribution is 5.84. The van der Waals surface area contributed by atoms with Gasteiger partial charge in [-0.2, -0.15) is 0 Å². The highest BCUT2D eigenvalue weighted by atomic mass is 16.5. The van der Waals surface area contributed by atoms with Crippen molar-refractivity contribution >= 4 is 11.7 Å². The number of hydrogen-bond acceptors (Lipinski definition) is 4. The van der Waals surface area contributed by atoms with Crippen molar-refractivity contribution in [3.8, 4) is 5.75 Å². The van der Waals surface area contributed by atoms with Crippen LogP contribution in [0, 0.1) is 0 Å². The van der Waals surface area contributed by atoms with Gasteiger partial charge in [-0.15, -0.1) is 0 Å². The van der Waals surface area contributed by atoms with Gasteiger partial charge in [0.15, 0.2) is 5.78 Å². The lowest BCUT2D eigenvalue weighted by atomic mass is 10.0. The molecule has 0 spiro atoms. The number of benzene rings is 2. The molecule has 0 saturated carbocycles. The summed E-state index contributed by atoms with van der Waals surface area (Å²) < 4.78 is 11.1. The summed E-state index contributed by atoms with van der Waals surface area (Å²) in [6, 6.07) is 17.4. The van der Waals surface area contributed by atoms with Crippen LogP contribution in [0.3, 0.4) is 0 Å². The van der Waals surface area contributed by atoms with Crippen LogP contribution in [0.4, 0.5) is 0 Å². The minimum Gasteiger partial charge on any atom is -0.497 e. The van der Waals surface area contributed by atoms with E-state index in [2.05, 4.69) is 12.2 Å². The smallest absolute Gasteiger partial charge is 0.220 e. The number of ether oxygens (including phenoxy) is 2. The lowest BCUT2D eigenvalue weighted by Crippen LogP contribution is -2.28. The largest absolute Gasteiger partial charge is 0.497 e. The molecule has 0 aromatic heterocycles. The van der Waals surface area contributed by atoms with Gasteiger partial charge in [-0.25, -0.2) is 0 Å². The highest BCUT2D eigenvalue weighted by Crippen LogP contribution is 2.14. The number of rotatable bonds is 14. The van der Waals surface area contributed by atoms with Crippen LogP contribution < -0.4 is 10.1 Å². The summed E-state index contributed by atoms with van der Waals surface area (Å²) in [5.41, 5.74) is 2.02. The average molecular weight is 412 g/mol. The van der Waals surface area contributed by atoms with Crippen LogP contribution >= 0.6 is 0 Å². The van der Waals surface area contributed by atoms with Crippen molar-refractivity contribution in [2.45, 2.75) is 64.7 Å². The maximum atomic E-state index is 12.6. The quantitative estimate of drug-likeness (QED) is 0.452. The first-order chi connectivity index (χ1) is 14.6. The van der Waals surface area contributed by atoms with E-state index in [0.717, 1.165) is 36.1 Å². The van der Waals surface area contributed by atoms with Gasteiger partial charge in [0.1, 0.15) is 11.9 Å². The van der Waals surface area contributed by atoms with Gasteiger partial charge in [0.25, 0.3) is 0 Å². The van der Waals surface area contributed by atoms with Gasteiger partial charge in [0.05, 0.1) is 13.7 Å². The van der Waals surface area contributed by atoms with Crippen molar-refractivity contribution in [3.63, 3.8) is 0 Å². The third-order valence-corrected chi connectivity index (χ3v) is 4.96. The van der Waals surface area contributed by atoms with Crippen LogP contribution in [0.2, 0.25) is 0 Å². The number of amides is 1. The molecule has 162 valence electrons. The van der Waals surface area contributed by atoms with Gasteiger partial charge in [0.2, 0.25) is 5.91 Å². The molecule has 30 heavy (non-hydrogen) atoms. The van der Waals surface area contributed by atoms with E-state index in [-0.39, 0.29) is 18.1 Å². The molecule has 5 heteroatoms. The Morgan fingerprint density at radius 1 is 0.933 bits per heavy atom. The summed E-state index contributed by atoms with van der Waals surface area (Å²) in [5, 5.41) is 2.91. The summed E-state index contributed by atoms with van der Waals surface area (Å²) in [6.45, 7) is 2.93. The summed E-state index contributed by atoms with van der Waals surface area (Å²) in [5.74, 6) is 0.785. The van der Waals surface area contributed by atoms with Crippen LogP contribution in [0.5, 0.6) is 5.75 Å². The van der Waals surface area contributed by atoms with E-state index in [1.54, 1.807) is 7.11 Å². The van der Waals surface area contributed by atoms with E-state index in [9.17, 15) is 9.59 Å². The van der Waals surface area contributed by atoms with Crippen molar-refractivity contribution in [2.75, 3.05) is 7.11 Å². The average Bonchev–Trinajstić information content (AvgIpc) is 2.78. The van der Waals surface area contributed by atoms with Crippen molar-refractivity contribution in [2.24, 2.45) is 0 Å². The number of hydrogen-bond donors (Lipinski definition) is 1. The Morgan fingerprint density at radius 2 is 1.67 bits per heavy atom. The molecule has 0 fully saturated rings. The molecule has 0 aliphatic carbocycles. The Balaban J connectivity index is 1.83. The summed E-state index contributed by atoms with van der Waals surface area (Å²) in [4.78, 5) is 24.9. The van der Waals surface area contributed by atoms with E-state index in [4.69, 9.17) is 9.47 Å². The normalized spacial score (nSPS) is 11.7. The van der Waals surface area contributed by atoms with Gasteiger partial charge in [0, 0.05) is 19.4 Å². The maximum Gasteiger partial charge on any atom is 0.220 e. The molecule has 5 nitrogen and oxygen atoms in total. The first-order valence-electron chi connectivity index (χ1n) is 10.7. The first kappa shape index (κ1) is 23.6. The molecule has 1 atom stereocenters. The molecule has 0 heterocycles. The number of carbonyl (C=O) groups is 2. The molecular weight excluding hydrogens is 378 g/mol. The second-order valence-electron chi connectivity index (χ2n) is 7.37. The molecule has 0 bridgehead atoms. The minimum absolute atomic E-state index is 0.0829. The first-order valence-corrected chi connectivity index (χ1v) is 10.7. The topological polar surface area (TPSA) is 64.6 Å². The van der Waals surface area contributed by atoms with Crippen molar-refractivity contribution < 1.29 is 19.1 Å². The Hall–Kier alpha value is -2.66. The fraction of sp³-hybridized carbons (Fsp3) is 0.440. The van der Waals surface area contributed by atoms with Gasteiger partial charge in [-0.05, 0) is 36.1 Å². The van der Waals surface area contributed by atoms with E-state index >= 15 is 0 Å². The van der Waals surface area contributed by atoms with Crippen LogP contribution in [0.1, 0.15) is 56.6 Å². The zero-order valence-electron chi connectivity index (χ0n) is 18.1. The van der Waals surface area contributed by atoms with E-state index in [1.807, 2.05) is 54.6 Å². The molecule has 0 radical (unpaired) electrons. The second-order valence-corrected chi connectivity index (χ2v) is 7.37. The molecular formula is C25H33NO4. The summed E-state index contributed by atoms with van der Waals surface area (Å²) in [6.07, 6.45) is 3.57. The lowest BCUT2D eigenvalue weighted by molar-refractivity contribution is -0.133. The van der Waals surface area contributed by atoms with E-state index in [0.29, 0.717) is 26.0 Å². The number of methoxy groups -OCH3 is 1. The Bertz CT molecular complexity index is 758. The monoisotopic (exact) mass is 411 g/mol. The number of ketones is 1. The third kappa shape index (κ3) is 8.78. The van der Waals surface area contributed by atoms with Crippen LogP contribution in [-0.4, -0.2) is 24.9 Å². The second kappa shape index (κ2) is 13.5. The Labute approximate surface area is 179 Å². The fourth-order valence-corrected chi connectivity index (χ4v) is 3.11. The third-order valence-electron chi connectivity index (χ3n) is 4.96. The molecule has 0 saturated heterocycles. The predicted octanol–water partition coefficient (Wildman–Crippen LogP) is 4.83. The molecule has 0 aliphatic rings. The summed E-state index contributed by atoms with van der Waals surface area (Å²) in [7, 11) is 1.62. The molecule has 0 unspecified atom stereocenters. The molecule has 2 rings (SSSR count). The number of nitrogens with one attached hydrogen (secondary N) is 1. The Kier molecular flexibility index (Phi) is 10.7. The van der Waals surface area contributed by atoms with Crippen molar-refractivity contribution in [1.29, 1.82) is 0 Å². The van der Waals surface area contributed by atoms with Crippen molar-refractivity contribution in [1.82, 2.24) is 5.32 Å². The van der Waals surface area contributed by atoms with Gasteiger partial charge in [-0.1, -0.05) is 62.2 Å². The van der Waals surface area contributed by atoms with Crippen molar-refractivity contribution in [3.05, 3.63) is 65.7 Å². The molecule has 0 aliphatic heterocycles. The van der Waals surface area contributed by atoms with Crippen LogP contribution in [-0.2, 0) is 27.5 Å². The standard InChI is InChI=1S/C25H33NO4/c1-3-4-6-11-23(27)24(30-19-21-9-7-5-8-10-21)16-17-25(28)26-18-20-12-14-22(29-2)15-13-20/h5,7-10,12-15,24H,3-4,6,11,16-19H2,1-2H3,(H,26,28)/t24-/m0/s1. The fourth-order valence-electron chi connectivity index (χ4n) is 3.11. The SMILES string of the molecule is CCCCCC(=O)[C@H](CCC(=O)NCc1ccc(OC)cc1)OCc1ccccc1. The zero-order chi connectivity index (χ0) is 21.6. The number of unbranched alkanes of at least 4 members (excludes halogenated alkanes) is 2. The van der Waals surface area contributed by atoms with E-state index in [1.165, 1.54) is 0 Å². The summed E-state index contributed by atoms with van der Waals surface area (Å²) >= 11 is 0. The van der Waals surface area contributed by atoms with Gasteiger partial charge >= 0.3 is 0 Å².